The van der Waals surface area contributed by atoms with E-state index < -0.39 is 11.9 Å². The Morgan fingerprint density at radius 1 is 0.744 bits per heavy atom. The summed E-state index contributed by atoms with van der Waals surface area (Å²) in [5.41, 5.74) is 5.32. The predicted molar refractivity (Wildman–Crippen MR) is 162 cm³/mol. The van der Waals surface area contributed by atoms with Crippen LogP contribution in [0, 0.1) is 34.6 Å². The average molecular weight is 588 g/mol. The Morgan fingerprint density at radius 3 is 1.91 bits per heavy atom. The van der Waals surface area contributed by atoms with Crippen LogP contribution >= 0.6 is 0 Å². The fourth-order valence-electron chi connectivity index (χ4n) is 5.29. The number of carbonyl (C=O) groups is 4. The summed E-state index contributed by atoms with van der Waals surface area (Å²) in [4.78, 5) is 61.3. The van der Waals surface area contributed by atoms with Crippen LogP contribution in [0.25, 0.3) is 0 Å². The van der Waals surface area contributed by atoms with Crippen LogP contribution in [0.1, 0.15) is 72.0 Å². The molecule has 11 nitrogen and oxygen atoms in total. The summed E-state index contributed by atoms with van der Waals surface area (Å²) in [6, 6.07) is 9.77. The summed E-state index contributed by atoms with van der Waals surface area (Å²) in [5.74, 6) is -0.469. The highest BCUT2D eigenvalue weighted by atomic mass is 16.4. The molecule has 0 bridgehead atoms. The molecule has 2 aliphatic rings. The number of rotatable bonds is 5. The Kier molecular flexibility index (Phi) is 9.43. The Balaban J connectivity index is 0.000000273. The van der Waals surface area contributed by atoms with Gasteiger partial charge in [-0.15, -0.1) is 0 Å². The van der Waals surface area contributed by atoms with E-state index in [2.05, 4.69) is 29.8 Å². The van der Waals surface area contributed by atoms with Crippen LogP contribution < -0.4 is 9.80 Å². The maximum Gasteiger partial charge on any atom is 0.335 e. The highest BCUT2D eigenvalue weighted by Gasteiger charge is 2.27. The molecule has 3 aromatic rings. The van der Waals surface area contributed by atoms with Crippen LogP contribution in [0.5, 0.6) is 0 Å². The first-order valence-electron chi connectivity index (χ1n) is 14.2. The van der Waals surface area contributed by atoms with Crippen LogP contribution in [0.4, 0.5) is 11.6 Å². The lowest BCUT2D eigenvalue weighted by Crippen LogP contribution is -2.49. The molecule has 2 aromatic heterocycles. The number of hydrogen-bond acceptors (Lipinski definition) is 7. The lowest BCUT2D eigenvalue weighted by Gasteiger charge is -2.36. The van der Waals surface area contributed by atoms with Crippen LogP contribution in [-0.4, -0.2) is 81.6 Å². The molecule has 4 heterocycles. The van der Waals surface area contributed by atoms with Gasteiger partial charge >= 0.3 is 11.9 Å². The first kappa shape index (κ1) is 31.1. The summed E-state index contributed by atoms with van der Waals surface area (Å²) < 4.78 is 0. The molecule has 0 saturated carbocycles. The summed E-state index contributed by atoms with van der Waals surface area (Å²) in [6.07, 6.45) is 1.43. The molecule has 43 heavy (non-hydrogen) atoms. The Bertz CT molecular complexity index is 1550. The second kappa shape index (κ2) is 13.0. The third-order valence-electron chi connectivity index (χ3n) is 7.72. The minimum absolute atomic E-state index is 0.00241. The number of amides is 2. The summed E-state index contributed by atoms with van der Waals surface area (Å²) in [6.45, 7) is 13.2. The molecule has 2 fully saturated rings. The molecular weight excluding hydrogens is 550 g/mol. The second-order valence-electron chi connectivity index (χ2n) is 11.0. The van der Waals surface area contributed by atoms with Crippen LogP contribution in [0.2, 0.25) is 0 Å². The average Bonchev–Trinajstić information content (AvgIpc) is 3.40. The van der Waals surface area contributed by atoms with E-state index in [1.807, 2.05) is 24.8 Å². The normalized spacial score (nSPS) is 14.8. The number of aromatic carboxylic acids is 2. The topological polar surface area (TPSA) is 144 Å². The Morgan fingerprint density at radius 2 is 1.37 bits per heavy atom. The van der Waals surface area contributed by atoms with Gasteiger partial charge in [-0.25, -0.2) is 19.6 Å². The zero-order chi connectivity index (χ0) is 31.4. The van der Waals surface area contributed by atoms with Crippen molar-refractivity contribution in [1.82, 2.24) is 14.9 Å². The first-order valence-corrected chi connectivity index (χ1v) is 14.2. The van der Waals surface area contributed by atoms with E-state index >= 15 is 0 Å². The van der Waals surface area contributed by atoms with Gasteiger partial charge in [0.15, 0.2) is 0 Å². The minimum Gasteiger partial charge on any atom is -0.478 e. The number of pyridine rings is 2. The lowest BCUT2D eigenvalue weighted by molar-refractivity contribution is -0.117. The van der Waals surface area contributed by atoms with Gasteiger partial charge in [0.25, 0.3) is 5.91 Å². The number of aryl methyl sites for hydroxylation is 5. The Labute approximate surface area is 250 Å². The number of piperazine rings is 1. The van der Waals surface area contributed by atoms with Gasteiger partial charge in [0.1, 0.15) is 11.6 Å². The molecule has 0 radical (unpaired) electrons. The van der Waals surface area contributed by atoms with Crippen LogP contribution in [-0.2, 0) is 4.79 Å². The van der Waals surface area contributed by atoms with Crippen molar-refractivity contribution in [3.05, 3.63) is 81.2 Å². The minimum atomic E-state index is -1.12. The molecule has 226 valence electrons. The largest absolute Gasteiger partial charge is 0.478 e. The van der Waals surface area contributed by atoms with Gasteiger partial charge < -0.3 is 20.0 Å². The smallest absolute Gasteiger partial charge is 0.335 e. The summed E-state index contributed by atoms with van der Waals surface area (Å²) in [7, 11) is 0. The van der Waals surface area contributed by atoms with Crippen molar-refractivity contribution in [2.75, 3.05) is 42.5 Å². The van der Waals surface area contributed by atoms with E-state index in [9.17, 15) is 19.2 Å². The number of nitrogens with zero attached hydrogens (tertiary/aromatic N) is 5. The van der Waals surface area contributed by atoms with E-state index in [4.69, 9.17) is 15.2 Å². The fourth-order valence-corrected chi connectivity index (χ4v) is 5.29. The van der Waals surface area contributed by atoms with E-state index in [1.54, 1.807) is 17.9 Å². The number of aromatic nitrogens is 2. The van der Waals surface area contributed by atoms with Crippen molar-refractivity contribution in [3.63, 3.8) is 0 Å². The summed E-state index contributed by atoms with van der Waals surface area (Å²) >= 11 is 0. The lowest BCUT2D eigenvalue weighted by atomic mass is 10.1. The van der Waals surface area contributed by atoms with Gasteiger partial charge in [-0.1, -0.05) is 6.07 Å². The number of carboxylic acids is 2. The fraction of sp³-hybridized carbons (Fsp3) is 0.375. The molecule has 5 rings (SSSR count). The molecule has 2 aliphatic heterocycles. The number of carboxylic acid groups (broad SMARTS) is 2. The van der Waals surface area contributed by atoms with Crippen molar-refractivity contribution in [2.45, 2.75) is 47.5 Å². The predicted octanol–water partition coefficient (Wildman–Crippen LogP) is 4.19. The van der Waals surface area contributed by atoms with E-state index in [1.165, 1.54) is 23.3 Å². The molecule has 1 aromatic carbocycles. The molecule has 0 spiro atoms. The van der Waals surface area contributed by atoms with Gasteiger partial charge in [-0.3, -0.25) is 14.5 Å². The van der Waals surface area contributed by atoms with Crippen molar-refractivity contribution in [1.29, 1.82) is 0 Å². The maximum atomic E-state index is 13.1. The molecule has 2 amide bonds. The van der Waals surface area contributed by atoms with Gasteiger partial charge in [0.2, 0.25) is 5.91 Å². The van der Waals surface area contributed by atoms with Crippen molar-refractivity contribution in [3.8, 4) is 0 Å². The zero-order valence-electron chi connectivity index (χ0n) is 25.2. The molecule has 0 atom stereocenters. The van der Waals surface area contributed by atoms with Gasteiger partial charge in [-0.2, -0.15) is 0 Å². The molecule has 0 unspecified atom stereocenters. The SMILES string of the molecule is Cc1cc(C(=O)O)cc(C(=O)O)c1.Cc1cc(C)c(N2CCN(C(=O)c3ccc(N4CCCC4=O)nc3C)CC2)nc1C. The van der Waals surface area contributed by atoms with Crippen molar-refractivity contribution in [2.24, 2.45) is 0 Å². The molecular formula is C32H37N5O6. The molecule has 2 N–H and O–H groups in total. The van der Waals surface area contributed by atoms with Gasteiger partial charge in [0.05, 0.1) is 22.4 Å². The van der Waals surface area contributed by atoms with Gasteiger partial charge in [0, 0.05) is 44.8 Å². The number of carbonyl (C=O) groups excluding carboxylic acids is 2. The van der Waals surface area contributed by atoms with Crippen molar-refractivity contribution < 1.29 is 29.4 Å². The zero-order valence-corrected chi connectivity index (χ0v) is 25.2. The summed E-state index contributed by atoms with van der Waals surface area (Å²) in [5, 5.41) is 17.2. The third kappa shape index (κ3) is 7.17. The van der Waals surface area contributed by atoms with Gasteiger partial charge in [-0.05, 0) is 88.1 Å². The first-order chi connectivity index (χ1) is 20.3. The molecule has 11 heteroatoms. The number of anilines is 2. The number of hydrogen-bond donors (Lipinski definition) is 2. The van der Waals surface area contributed by atoms with Crippen LogP contribution in [0.3, 0.4) is 0 Å². The molecule has 2 saturated heterocycles. The van der Waals surface area contributed by atoms with Crippen molar-refractivity contribution >= 4 is 35.4 Å². The maximum absolute atomic E-state index is 13.1. The second-order valence-corrected chi connectivity index (χ2v) is 11.0. The highest BCUT2D eigenvalue weighted by Crippen LogP contribution is 2.24. The van der Waals surface area contributed by atoms with E-state index in [0.717, 1.165) is 37.1 Å². The highest BCUT2D eigenvalue weighted by molar-refractivity contribution is 5.97. The third-order valence-corrected chi connectivity index (χ3v) is 7.72. The quantitative estimate of drug-likeness (QED) is 0.449. The number of benzene rings is 1. The molecule has 0 aliphatic carbocycles. The standard InChI is InChI=1S/C23H29N5O2.C9H8O4/c1-15-14-16(2)22(25-17(15)3)26-10-12-27(13-11-26)23(30)19-7-8-20(24-18(19)4)28-9-5-6-21(28)29;1-5-2-6(8(10)11)4-7(3-5)9(12)13/h7-8,14H,5-6,9-13H2,1-4H3;2-4H,1H3,(H,10,11)(H,12,13). The monoisotopic (exact) mass is 587 g/mol. The van der Waals surface area contributed by atoms with E-state index in [0.29, 0.717) is 48.7 Å². The van der Waals surface area contributed by atoms with Crippen LogP contribution in [0.15, 0.2) is 36.4 Å². The van der Waals surface area contributed by atoms with E-state index in [-0.39, 0.29) is 22.9 Å². The Hall–Kier alpha value is -4.80.